The molecule has 0 spiro atoms. The van der Waals surface area contributed by atoms with Crippen LogP contribution in [-0.4, -0.2) is 80.0 Å². The molecule has 2 fully saturated rings. The van der Waals surface area contributed by atoms with E-state index >= 15 is 0 Å². The molecule has 0 aliphatic carbocycles. The normalized spacial score (nSPS) is 25.1. The number of hydrogen-bond donors (Lipinski definition) is 1. The first-order valence-electron chi connectivity index (χ1n) is 22.5. The van der Waals surface area contributed by atoms with Gasteiger partial charge < -0.3 is 47.7 Å². The van der Waals surface area contributed by atoms with E-state index in [-0.39, 0.29) is 39.6 Å². The average molecular weight is 891 g/mol. The van der Waals surface area contributed by atoms with Gasteiger partial charge in [0, 0.05) is 7.11 Å². The van der Waals surface area contributed by atoms with Crippen LogP contribution >= 0.6 is 0 Å². The fourth-order valence-electron chi connectivity index (χ4n) is 8.10. The molecule has 2 aliphatic heterocycles. The first-order chi connectivity index (χ1) is 32.6. The molecular formula is C56H58O10. The maximum Gasteiger partial charge on any atom is 0.187 e. The zero-order valence-electron chi connectivity index (χ0n) is 37.2. The molecule has 342 valence electrons. The van der Waals surface area contributed by atoms with E-state index in [1.807, 2.05) is 182 Å². The van der Waals surface area contributed by atoms with Gasteiger partial charge in [-0.3, -0.25) is 0 Å². The van der Waals surface area contributed by atoms with E-state index < -0.39 is 61.2 Å². The molecule has 0 unspecified atom stereocenters. The van der Waals surface area contributed by atoms with Crippen molar-refractivity contribution >= 4 is 0 Å². The van der Waals surface area contributed by atoms with Gasteiger partial charge in [-0.05, 0) is 33.4 Å². The van der Waals surface area contributed by atoms with E-state index in [0.717, 1.165) is 33.4 Å². The highest BCUT2D eigenvalue weighted by molar-refractivity contribution is 5.22. The number of methoxy groups -OCH3 is 1. The van der Waals surface area contributed by atoms with Crippen LogP contribution in [0.2, 0.25) is 0 Å². The summed E-state index contributed by atoms with van der Waals surface area (Å²) in [4.78, 5) is 0. The Labute approximate surface area is 388 Å². The van der Waals surface area contributed by atoms with Crippen molar-refractivity contribution < 1.29 is 47.7 Å². The van der Waals surface area contributed by atoms with Gasteiger partial charge in [-0.25, -0.2) is 0 Å². The second-order valence-electron chi connectivity index (χ2n) is 16.3. The number of rotatable bonds is 20. The predicted octanol–water partition coefficient (Wildman–Crippen LogP) is 8.63. The van der Waals surface area contributed by atoms with Crippen molar-refractivity contribution in [2.75, 3.05) is 13.7 Å². The van der Waals surface area contributed by atoms with Crippen LogP contribution in [0.3, 0.4) is 0 Å². The third-order valence-electron chi connectivity index (χ3n) is 11.6. The van der Waals surface area contributed by atoms with Crippen molar-refractivity contribution in [3.8, 4) is 11.8 Å². The lowest BCUT2D eigenvalue weighted by Crippen LogP contribution is -2.61. The highest BCUT2D eigenvalue weighted by atomic mass is 16.7. The molecule has 2 aliphatic rings. The highest BCUT2D eigenvalue weighted by Crippen LogP contribution is 2.32. The van der Waals surface area contributed by atoms with Gasteiger partial charge in [0.25, 0.3) is 0 Å². The molecule has 0 saturated carbocycles. The number of aliphatic hydroxyl groups is 1. The minimum absolute atomic E-state index is 0.148. The molecule has 0 bridgehead atoms. The summed E-state index contributed by atoms with van der Waals surface area (Å²) in [7, 11) is 1.58. The monoisotopic (exact) mass is 890 g/mol. The van der Waals surface area contributed by atoms with Crippen LogP contribution in [0, 0.1) is 11.8 Å². The molecule has 8 rings (SSSR count). The molecule has 2 heterocycles. The highest BCUT2D eigenvalue weighted by Gasteiger charge is 2.50. The summed E-state index contributed by atoms with van der Waals surface area (Å²) in [5, 5.41) is 12.3. The van der Waals surface area contributed by atoms with E-state index in [0.29, 0.717) is 6.61 Å². The van der Waals surface area contributed by atoms with Gasteiger partial charge in [0.05, 0.1) is 46.2 Å². The summed E-state index contributed by atoms with van der Waals surface area (Å²) >= 11 is 0. The maximum absolute atomic E-state index is 12.3. The van der Waals surface area contributed by atoms with Gasteiger partial charge in [0.2, 0.25) is 0 Å². The van der Waals surface area contributed by atoms with E-state index in [9.17, 15) is 5.11 Å². The summed E-state index contributed by atoms with van der Waals surface area (Å²) in [5.41, 5.74) is 5.86. The molecule has 0 amide bonds. The lowest BCUT2D eigenvalue weighted by atomic mass is 9.93. The van der Waals surface area contributed by atoms with Crippen molar-refractivity contribution in [1.82, 2.24) is 0 Å². The number of benzene rings is 6. The standard InChI is InChI=1S/C56H58O10/c1-58-56-55(64-39-46-30-18-7-19-31-46)54(63-38-45-28-16-6-17-29-45)51(60-35-42-22-10-3-11-23-42)48(66-56)33-32-47-50(57)53(62-37-44-26-14-5-15-27-44)52(61-36-43-24-12-4-13-25-43)49(65-47)40-59-34-41-20-8-2-9-21-41/h2-31,47-57H,34-40H2,1H3/t47-,48-,49-,50+,51-,52-,53-,54+,55-,56+/m1/s1. The molecule has 10 atom stereocenters. The Morgan fingerprint density at radius 1 is 0.394 bits per heavy atom. The van der Waals surface area contributed by atoms with Crippen molar-refractivity contribution in [2.24, 2.45) is 0 Å². The SMILES string of the molecule is CO[C@H]1O[C@H](C#C[C@H]2O[C@H](COCc3ccccc3)[C@@H](OCc3ccccc3)[C@H](OCc3ccccc3)[C@H]2O)[C@@H](OCc2ccccc2)[C@H](OCc2ccccc2)[C@H]1OCc1ccccc1. The minimum atomic E-state index is -1.23. The van der Waals surface area contributed by atoms with Gasteiger partial charge >= 0.3 is 0 Å². The summed E-state index contributed by atoms with van der Waals surface area (Å²) in [5.74, 6) is 6.60. The van der Waals surface area contributed by atoms with Crippen LogP contribution in [0.15, 0.2) is 182 Å². The molecule has 66 heavy (non-hydrogen) atoms. The maximum atomic E-state index is 12.3. The van der Waals surface area contributed by atoms with Gasteiger partial charge in [-0.15, -0.1) is 0 Å². The first-order valence-corrected chi connectivity index (χ1v) is 22.5. The van der Waals surface area contributed by atoms with Gasteiger partial charge in [-0.2, -0.15) is 0 Å². The Balaban J connectivity index is 1.11. The molecule has 0 aromatic heterocycles. The fraction of sp³-hybridized carbons (Fsp3) is 0.321. The van der Waals surface area contributed by atoms with Crippen LogP contribution in [0.1, 0.15) is 33.4 Å². The van der Waals surface area contributed by atoms with Gasteiger partial charge in [0.1, 0.15) is 54.9 Å². The molecule has 10 heteroatoms. The molecule has 2 saturated heterocycles. The summed E-state index contributed by atoms with van der Waals surface area (Å²) in [6.45, 7) is 1.81. The fourth-order valence-corrected chi connectivity index (χ4v) is 8.10. The molecule has 0 radical (unpaired) electrons. The summed E-state index contributed by atoms with van der Waals surface area (Å²) < 4.78 is 59.2. The van der Waals surface area contributed by atoms with Crippen LogP contribution in [0.4, 0.5) is 0 Å². The van der Waals surface area contributed by atoms with Crippen molar-refractivity contribution in [1.29, 1.82) is 0 Å². The van der Waals surface area contributed by atoms with Crippen molar-refractivity contribution in [3.63, 3.8) is 0 Å². The predicted molar refractivity (Wildman–Crippen MR) is 249 cm³/mol. The third-order valence-corrected chi connectivity index (χ3v) is 11.6. The largest absolute Gasteiger partial charge is 0.387 e. The van der Waals surface area contributed by atoms with Crippen LogP contribution in [0.25, 0.3) is 0 Å². The smallest absolute Gasteiger partial charge is 0.187 e. The number of hydrogen-bond acceptors (Lipinski definition) is 10. The Morgan fingerprint density at radius 3 is 1.17 bits per heavy atom. The topological polar surface area (TPSA) is 103 Å². The Morgan fingerprint density at radius 2 is 0.742 bits per heavy atom. The molecular weight excluding hydrogens is 833 g/mol. The van der Waals surface area contributed by atoms with Crippen molar-refractivity contribution in [3.05, 3.63) is 215 Å². The first kappa shape index (κ1) is 47.0. The Bertz CT molecular complexity index is 2330. The number of aliphatic hydroxyl groups excluding tert-OH is 1. The second kappa shape index (κ2) is 24.8. The Kier molecular flexibility index (Phi) is 17.7. The third kappa shape index (κ3) is 13.3. The molecule has 10 nitrogen and oxygen atoms in total. The molecule has 1 N–H and O–H groups in total. The minimum Gasteiger partial charge on any atom is -0.387 e. The number of ether oxygens (including phenoxy) is 9. The molecule has 6 aromatic carbocycles. The van der Waals surface area contributed by atoms with Gasteiger partial charge in [-0.1, -0.05) is 194 Å². The quantitative estimate of drug-likeness (QED) is 0.0750. The van der Waals surface area contributed by atoms with Crippen molar-refractivity contribution in [2.45, 2.75) is 101 Å². The van der Waals surface area contributed by atoms with Crippen LogP contribution < -0.4 is 0 Å². The van der Waals surface area contributed by atoms with Crippen LogP contribution in [0.5, 0.6) is 0 Å². The van der Waals surface area contributed by atoms with E-state index in [2.05, 4.69) is 11.8 Å². The zero-order valence-corrected chi connectivity index (χ0v) is 37.2. The second-order valence-corrected chi connectivity index (χ2v) is 16.3. The summed E-state index contributed by atoms with van der Waals surface area (Å²) in [6.07, 6.45) is -8.50. The zero-order chi connectivity index (χ0) is 45.2. The summed E-state index contributed by atoms with van der Waals surface area (Å²) in [6, 6.07) is 59.5. The lowest BCUT2D eigenvalue weighted by molar-refractivity contribution is -0.307. The van der Waals surface area contributed by atoms with Crippen LogP contribution in [-0.2, 0) is 82.3 Å². The average Bonchev–Trinajstić information content (AvgIpc) is 3.37. The van der Waals surface area contributed by atoms with E-state index in [4.69, 9.17) is 42.6 Å². The lowest BCUT2D eigenvalue weighted by Gasteiger charge is -2.44. The molecule has 6 aromatic rings. The Hall–Kier alpha value is -5.52. The van der Waals surface area contributed by atoms with E-state index in [1.165, 1.54) is 0 Å². The van der Waals surface area contributed by atoms with Gasteiger partial charge in [0.15, 0.2) is 6.29 Å². The van der Waals surface area contributed by atoms with E-state index in [1.54, 1.807) is 7.11 Å².